The number of hydrogen-bond acceptors (Lipinski definition) is 7. The van der Waals surface area contributed by atoms with Crippen molar-refractivity contribution in [2.24, 2.45) is 5.10 Å². The first-order valence-corrected chi connectivity index (χ1v) is 7.24. The van der Waals surface area contributed by atoms with Gasteiger partial charge < -0.3 is 14.2 Å². The Hall–Kier alpha value is -3.42. The second-order valence-electron chi connectivity index (χ2n) is 4.76. The number of rotatable bonds is 6. The predicted molar refractivity (Wildman–Crippen MR) is 90.2 cm³/mol. The molecule has 0 aliphatic carbocycles. The number of aromatic nitrogens is 1. The van der Waals surface area contributed by atoms with Crippen LogP contribution in [0.4, 0.5) is 0 Å². The maximum Gasteiger partial charge on any atom is 0.308 e. The first-order valence-electron chi connectivity index (χ1n) is 7.24. The molecule has 0 bridgehead atoms. The monoisotopic (exact) mass is 343 g/mol. The smallest absolute Gasteiger partial charge is 0.308 e. The molecule has 0 radical (unpaired) electrons. The van der Waals surface area contributed by atoms with E-state index in [1.807, 2.05) is 0 Å². The van der Waals surface area contributed by atoms with Crippen LogP contribution in [0.2, 0.25) is 0 Å². The molecule has 0 unspecified atom stereocenters. The summed E-state index contributed by atoms with van der Waals surface area (Å²) in [5, 5.41) is 3.88. The van der Waals surface area contributed by atoms with Gasteiger partial charge in [0.1, 0.15) is 5.69 Å². The third kappa shape index (κ3) is 4.77. The number of hydrogen-bond donors (Lipinski definition) is 1. The summed E-state index contributed by atoms with van der Waals surface area (Å²) < 4.78 is 15.5. The van der Waals surface area contributed by atoms with E-state index in [-0.39, 0.29) is 11.4 Å². The molecular formula is C17H17N3O5. The van der Waals surface area contributed by atoms with Crippen molar-refractivity contribution in [3.63, 3.8) is 0 Å². The van der Waals surface area contributed by atoms with Gasteiger partial charge in [-0.1, -0.05) is 6.07 Å². The van der Waals surface area contributed by atoms with Crippen molar-refractivity contribution in [1.29, 1.82) is 0 Å². The summed E-state index contributed by atoms with van der Waals surface area (Å²) >= 11 is 0. The number of amides is 1. The third-order valence-electron chi connectivity index (χ3n) is 3.01. The molecule has 2 rings (SSSR count). The SMILES string of the molecule is COc1cc(/C=N\NC(=O)c2ccccn2)cc(OC)c1OC(C)=O. The van der Waals surface area contributed by atoms with E-state index in [1.165, 1.54) is 33.6 Å². The van der Waals surface area contributed by atoms with Crippen molar-refractivity contribution in [2.45, 2.75) is 6.92 Å². The predicted octanol–water partition coefficient (Wildman–Crippen LogP) is 1.79. The van der Waals surface area contributed by atoms with Gasteiger partial charge in [-0.25, -0.2) is 5.43 Å². The quantitative estimate of drug-likeness (QED) is 0.371. The van der Waals surface area contributed by atoms with Crippen molar-refractivity contribution >= 4 is 18.1 Å². The molecule has 8 nitrogen and oxygen atoms in total. The van der Waals surface area contributed by atoms with Gasteiger partial charge in [0.15, 0.2) is 11.5 Å². The molecule has 1 N–H and O–H groups in total. The lowest BCUT2D eigenvalue weighted by molar-refractivity contribution is -0.132. The normalized spacial score (nSPS) is 10.4. The van der Waals surface area contributed by atoms with E-state index in [9.17, 15) is 9.59 Å². The van der Waals surface area contributed by atoms with E-state index < -0.39 is 11.9 Å². The first kappa shape index (κ1) is 17.9. The lowest BCUT2D eigenvalue weighted by Crippen LogP contribution is -2.18. The molecule has 0 fully saturated rings. The fraction of sp³-hybridized carbons (Fsp3) is 0.176. The van der Waals surface area contributed by atoms with Crippen LogP contribution in [-0.4, -0.2) is 37.3 Å². The Morgan fingerprint density at radius 1 is 1.16 bits per heavy atom. The zero-order valence-corrected chi connectivity index (χ0v) is 14.0. The fourth-order valence-electron chi connectivity index (χ4n) is 1.94. The molecule has 1 heterocycles. The summed E-state index contributed by atoms with van der Waals surface area (Å²) in [5.74, 6) is -0.167. The van der Waals surface area contributed by atoms with Crippen LogP contribution in [0.15, 0.2) is 41.6 Å². The summed E-state index contributed by atoms with van der Waals surface area (Å²) in [6.45, 7) is 1.28. The van der Waals surface area contributed by atoms with Crippen molar-refractivity contribution in [3.8, 4) is 17.2 Å². The Kier molecular flexibility index (Phi) is 6.05. The van der Waals surface area contributed by atoms with E-state index in [1.54, 1.807) is 30.3 Å². The van der Waals surface area contributed by atoms with Gasteiger partial charge in [-0.2, -0.15) is 5.10 Å². The zero-order chi connectivity index (χ0) is 18.2. The number of nitrogens with zero attached hydrogens (tertiary/aromatic N) is 2. The Bertz CT molecular complexity index is 765. The lowest BCUT2D eigenvalue weighted by Gasteiger charge is -2.13. The van der Waals surface area contributed by atoms with E-state index in [4.69, 9.17) is 14.2 Å². The van der Waals surface area contributed by atoms with E-state index >= 15 is 0 Å². The highest BCUT2D eigenvalue weighted by molar-refractivity contribution is 5.93. The van der Waals surface area contributed by atoms with Crippen LogP contribution in [-0.2, 0) is 4.79 Å². The van der Waals surface area contributed by atoms with Crippen molar-refractivity contribution in [3.05, 3.63) is 47.8 Å². The molecule has 8 heteroatoms. The largest absolute Gasteiger partial charge is 0.493 e. The summed E-state index contributed by atoms with van der Waals surface area (Å²) in [5.41, 5.74) is 3.20. The minimum absolute atomic E-state index is 0.173. The second-order valence-corrected chi connectivity index (χ2v) is 4.76. The second kappa shape index (κ2) is 8.44. The van der Waals surface area contributed by atoms with Crippen molar-refractivity contribution in [2.75, 3.05) is 14.2 Å². The number of methoxy groups -OCH3 is 2. The van der Waals surface area contributed by atoms with Crippen LogP contribution >= 0.6 is 0 Å². The van der Waals surface area contributed by atoms with E-state index in [0.29, 0.717) is 17.1 Å². The molecule has 1 amide bonds. The van der Waals surface area contributed by atoms with Gasteiger partial charge in [-0.3, -0.25) is 14.6 Å². The van der Waals surface area contributed by atoms with Crippen LogP contribution in [0.3, 0.4) is 0 Å². The highest BCUT2D eigenvalue weighted by atomic mass is 16.6. The van der Waals surface area contributed by atoms with Crippen LogP contribution in [0, 0.1) is 0 Å². The lowest BCUT2D eigenvalue weighted by atomic mass is 10.2. The summed E-state index contributed by atoms with van der Waals surface area (Å²) in [6.07, 6.45) is 2.92. The Labute approximate surface area is 144 Å². The van der Waals surface area contributed by atoms with Crippen LogP contribution in [0.25, 0.3) is 0 Å². The average molecular weight is 343 g/mol. The molecule has 130 valence electrons. The molecule has 0 aliphatic heterocycles. The molecule has 0 saturated heterocycles. The number of benzene rings is 1. The number of carbonyl (C=O) groups excluding carboxylic acids is 2. The van der Waals surface area contributed by atoms with Gasteiger partial charge in [0, 0.05) is 18.7 Å². The number of ether oxygens (including phenoxy) is 3. The standard InChI is InChI=1S/C17H17N3O5/c1-11(21)25-16-14(23-2)8-12(9-15(16)24-3)10-19-20-17(22)13-6-4-5-7-18-13/h4-10H,1-3H3,(H,20,22)/b19-10-. The Morgan fingerprint density at radius 2 is 1.84 bits per heavy atom. The van der Waals surface area contributed by atoms with Crippen molar-refractivity contribution < 1.29 is 23.8 Å². The van der Waals surface area contributed by atoms with Gasteiger partial charge in [-0.05, 0) is 24.3 Å². The van der Waals surface area contributed by atoms with Gasteiger partial charge in [0.2, 0.25) is 5.75 Å². The Morgan fingerprint density at radius 3 is 2.36 bits per heavy atom. The third-order valence-corrected chi connectivity index (χ3v) is 3.01. The Balaban J connectivity index is 2.19. The number of pyridine rings is 1. The topological polar surface area (TPSA) is 99.1 Å². The number of nitrogens with one attached hydrogen (secondary N) is 1. The molecular weight excluding hydrogens is 326 g/mol. The first-order chi connectivity index (χ1) is 12.0. The molecule has 25 heavy (non-hydrogen) atoms. The molecule has 2 aromatic rings. The zero-order valence-electron chi connectivity index (χ0n) is 14.0. The molecule has 0 saturated carbocycles. The van der Waals surface area contributed by atoms with E-state index in [2.05, 4.69) is 15.5 Å². The van der Waals surface area contributed by atoms with Gasteiger partial charge in [0.25, 0.3) is 5.91 Å². The maximum absolute atomic E-state index is 11.9. The highest BCUT2D eigenvalue weighted by Crippen LogP contribution is 2.38. The molecule has 0 atom stereocenters. The molecule has 0 aliphatic rings. The van der Waals surface area contributed by atoms with Gasteiger partial charge in [-0.15, -0.1) is 0 Å². The fourth-order valence-corrected chi connectivity index (χ4v) is 1.94. The number of carbonyl (C=O) groups is 2. The summed E-state index contributed by atoms with van der Waals surface area (Å²) in [4.78, 5) is 27.0. The van der Waals surface area contributed by atoms with Gasteiger partial charge in [0.05, 0.1) is 20.4 Å². The summed E-state index contributed by atoms with van der Waals surface area (Å²) in [7, 11) is 2.87. The minimum atomic E-state index is -0.499. The average Bonchev–Trinajstić information content (AvgIpc) is 2.62. The van der Waals surface area contributed by atoms with Crippen LogP contribution in [0.5, 0.6) is 17.2 Å². The number of hydrazone groups is 1. The van der Waals surface area contributed by atoms with Crippen molar-refractivity contribution in [1.82, 2.24) is 10.4 Å². The van der Waals surface area contributed by atoms with E-state index in [0.717, 1.165) is 0 Å². The highest BCUT2D eigenvalue weighted by Gasteiger charge is 2.15. The molecule has 1 aromatic carbocycles. The minimum Gasteiger partial charge on any atom is -0.493 e. The molecule has 1 aromatic heterocycles. The van der Waals surface area contributed by atoms with Gasteiger partial charge >= 0.3 is 5.97 Å². The van der Waals surface area contributed by atoms with Crippen LogP contribution < -0.4 is 19.6 Å². The summed E-state index contributed by atoms with van der Waals surface area (Å²) in [6, 6.07) is 8.18. The number of esters is 1. The maximum atomic E-state index is 11.9. The molecule has 0 spiro atoms. The van der Waals surface area contributed by atoms with Crippen LogP contribution in [0.1, 0.15) is 23.0 Å².